The van der Waals surface area contributed by atoms with Crippen LogP contribution in [-0.4, -0.2) is 15.7 Å². The fraction of sp³-hybridized carbons (Fsp3) is 0.429. The Kier molecular flexibility index (Phi) is 2.67. The van der Waals surface area contributed by atoms with Crippen LogP contribution in [0.25, 0.3) is 5.52 Å². The molecule has 0 amide bonds. The quantitative estimate of drug-likeness (QED) is 0.740. The Morgan fingerprint density at radius 3 is 2.88 bits per heavy atom. The molecule has 3 heteroatoms. The summed E-state index contributed by atoms with van der Waals surface area (Å²) in [5, 5.41) is 0. The number of hydrogen-bond acceptors (Lipinski definition) is 2. The number of pyridine rings is 1. The highest BCUT2D eigenvalue weighted by atomic mass is 16.1. The summed E-state index contributed by atoms with van der Waals surface area (Å²) >= 11 is 0. The lowest BCUT2D eigenvalue weighted by Crippen LogP contribution is -2.08. The summed E-state index contributed by atoms with van der Waals surface area (Å²) in [6, 6.07) is 3.76. The third-order valence-corrected chi connectivity index (χ3v) is 3.73. The zero-order chi connectivity index (χ0) is 11.7. The van der Waals surface area contributed by atoms with Crippen LogP contribution >= 0.6 is 0 Å². The molecule has 2 aromatic heterocycles. The molecule has 0 aromatic carbocycles. The monoisotopic (exact) mass is 228 g/mol. The molecule has 0 atom stereocenters. The van der Waals surface area contributed by atoms with Gasteiger partial charge in [0.05, 0.1) is 11.7 Å². The number of carbonyl (C=O) groups excluding carboxylic acids is 1. The molecule has 1 saturated carbocycles. The Morgan fingerprint density at radius 1 is 1.29 bits per heavy atom. The van der Waals surface area contributed by atoms with E-state index in [0.29, 0.717) is 5.92 Å². The van der Waals surface area contributed by atoms with Gasteiger partial charge in [0.1, 0.15) is 5.82 Å². The third-order valence-electron chi connectivity index (χ3n) is 3.73. The number of fused-ring (bicyclic) bond motifs is 1. The van der Waals surface area contributed by atoms with Crippen molar-refractivity contribution in [3.8, 4) is 0 Å². The number of aromatic nitrogens is 2. The standard InChI is InChI=1S/C14H16N2O/c17-10-12-7-4-8-16-13(12)9-15-14(16)11-5-2-1-3-6-11/h4,7-11H,1-3,5-6H2. The number of aldehydes is 1. The van der Waals surface area contributed by atoms with Crippen molar-refractivity contribution < 1.29 is 4.79 Å². The molecule has 1 fully saturated rings. The third kappa shape index (κ3) is 1.75. The van der Waals surface area contributed by atoms with Crippen LogP contribution in [-0.2, 0) is 0 Å². The molecule has 0 spiro atoms. The van der Waals surface area contributed by atoms with Crippen LogP contribution in [0.1, 0.15) is 54.2 Å². The van der Waals surface area contributed by atoms with Gasteiger partial charge in [0.2, 0.25) is 0 Å². The molecule has 0 unspecified atom stereocenters. The van der Waals surface area contributed by atoms with Crippen molar-refractivity contribution in [2.75, 3.05) is 0 Å². The first kappa shape index (κ1) is 10.5. The molecule has 2 aromatic rings. The Morgan fingerprint density at radius 2 is 2.12 bits per heavy atom. The van der Waals surface area contributed by atoms with Crippen LogP contribution in [0.3, 0.4) is 0 Å². The van der Waals surface area contributed by atoms with Crippen LogP contribution in [0, 0.1) is 0 Å². The summed E-state index contributed by atoms with van der Waals surface area (Å²) in [4.78, 5) is 15.5. The average Bonchev–Trinajstić information content (AvgIpc) is 2.83. The minimum absolute atomic E-state index is 0.563. The van der Waals surface area contributed by atoms with E-state index in [9.17, 15) is 4.79 Å². The molecular formula is C14H16N2O. The minimum atomic E-state index is 0.563. The minimum Gasteiger partial charge on any atom is -0.303 e. The van der Waals surface area contributed by atoms with Crippen molar-refractivity contribution in [2.24, 2.45) is 0 Å². The van der Waals surface area contributed by atoms with E-state index in [0.717, 1.165) is 23.2 Å². The van der Waals surface area contributed by atoms with E-state index in [1.54, 1.807) is 0 Å². The molecule has 0 radical (unpaired) electrons. The first-order valence-corrected chi connectivity index (χ1v) is 6.31. The molecule has 3 rings (SSSR count). The summed E-state index contributed by atoms with van der Waals surface area (Å²) < 4.78 is 2.08. The van der Waals surface area contributed by atoms with Crippen LogP contribution in [0.5, 0.6) is 0 Å². The van der Waals surface area contributed by atoms with E-state index in [-0.39, 0.29) is 0 Å². The van der Waals surface area contributed by atoms with Gasteiger partial charge in [-0.3, -0.25) is 4.79 Å². The van der Waals surface area contributed by atoms with Gasteiger partial charge in [-0.2, -0.15) is 0 Å². The van der Waals surface area contributed by atoms with E-state index in [2.05, 4.69) is 9.38 Å². The first-order chi connectivity index (χ1) is 8.40. The first-order valence-electron chi connectivity index (χ1n) is 6.31. The van der Waals surface area contributed by atoms with Gasteiger partial charge in [0.25, 0.3) is 0 Å². The molecule has 0 aliphatic heterocycles. The largest absolute Gasteiger partial charge is 0.303 e. The fourth-order valence-electron chi connectivity index (χ4n) is 2.83. The number of imidazole rings is 1. The second-order valence-corrected chi connectivity index (χ2v) is 4.79. The summed E-state index contributed by atoms with van der Waals surface area (Å²) in [6.07, 6.45) is 11.1. The van der Waals surface area contributed by atoms with Crippen molar-refractivity contribution in [1.29, 1.82) is 0 Å². The van der Waals surface area contributed by atoms with Crippen LogP contribution in [0.4, 0.5) is 0 Å². The summed E-state index contributed by atoms with van der Waals surface area (Å²) in [6.45, 7) is 0. The van der Waals surface area contributed by atoms with E-state index >= 15 is 0 Å². The Labute approximate surface area is 100 Å². The molecule has 88 valence electrons. The van der Waals surface area contributed by atoms with Crippen molar-refractivity contribution in [2.45, 2.75) is 38.0 Å². The van der Waals surface area contributed by atoms with Gasteiger partial charge >= 0.3 is 0 Å². The van der Waals surface area contributed by atoms with Crippen molar-refractivity contribution >= 4 is 11.8 Å². The lowest BCUT2D eigenvalue weighted by atomic mass is 9.89. The maximum atomic E-state index is 11.0. The number of carbonyl (C=O) groups is 1. The van der Waals surface area contributed by atoms with Gasteiger partial charge in [-0.1, -0.05) is 19.3 Å². The SMILES string of the molecule is O=Cc1cccn2c(C3CCCCC3)ncc12. The second-order valence-electron chi connectivity index (χ2n) is 4.79. The lowest BCUT2D eigenvalue weighted by Gasteiger charge is -2.20. The summed E-state index contributed by atoms with van der Waals surface area (Å²) in [7, 11) is 0. The highest BCUT2D eigenvalue weighted by Gasteiger charge is 2.20. The Bertz CT molecular complexity index is 538. The molecule has 0 saturated heterocycles. The van der Waals surface area contributed by atoms with Crippen LogP contribution < -0.4 is 0 Å². The van der Waals surface area contributed by atoms with Crippen molar-refractivity contribution in [1.82, 2.24) is 9.38 Å². The van der Waals surface area contributed by atoms with E-state index in [1.807, 2.05) is 24.5 Å². The van der Waals surface area contributed by atoms with E-state index in [4.69, 9.17) is 0 Å². The number of hydrogen-bond donors (Lipinski definition) is 0. The Hall–Kier alpha value is -1.64. The van der Waals surface area contributed by atoms with E-state index < -0.39 is 0 Å². The highest BCUT2D eigenvalue weighted by molar-refractivity contribution is 5.85. The van der Waals surface area contributed by atoms with Crippen molar-refractivity contribution in [3.05, 3.63) is 35.9 Å². The predicted octanol–water partition coefficient (Wildman–Crippen LogP) is 3.19. The van der Waals surface area contributed by atoms with Gasteiger partial charge < -0.3 is 4.40 Å². The van der Waals surface area contributed by atoms with Crippen LogP contribution in [0.15, 0.2) is 24.5 Å². The fourth-order valence-corrected chi connectivity index (χ4v) is 2.83. The molecule has 0 bridgehead atoms. The zero-order valence-electron chi connectivity index (χ0n) is 9.80. The maximum Gasteiger partial charge on any atom is 0.152 e. The summed E-state index contributed by atoms with van der Waals surface area (Å²) in [5.41, 5.74) is 1.66. The number of nitrogens with zero attached hydrogens (tertiary/aromatic N) is 2. The van der Waals surface area contributed by atoms with Crippen molar-refractivity contribution in [3.63, 3.8) is 0 Å². The molecule has 2 heterocycles. The average molecular weight is 228 g/mol. The predicted molar refractivity (Wildman–Crippen MR) is 66.4 cm³/mol. The van der Waals surface area contributed by atoms with Gasteiger partial charge in [0, 0.05) is 17.7 Å². The second kappa shape index (κ2) is 4.32. The lowest BCUT2D eigenvalue weighted by molar-refractivity contribution is 0.112. The number of rotatable bonds is 2. The Balaban J connectivity index is 2.08. The molecular weight excluding hydrogens is 212 g/mol. The smallest absolute Gasteiger partial charge is 0.152 e. The zero-order valence-corrected chi connectivity index (χ0v) is 9.80. The van der Waals surface area contributed by atoms with E-state index in [1.165, 1.54) is 32.1 Å². The highest BCUT2D eigenvalue weighted by Crippen LogP contribution is 2.32. The molecule has 1 aliphatic rings. The molecule has 17 heavy (non-hydrogen) atoms. The molecule has 3 nitrogen and oxygen atoms in total. The van der Waals surface area contributed by atoms with Gasteiger partial charge in [-0.15, -0.1) is 0 Å². The summed E-state index contributed by atoms with van der Waals surface area (Å²) in [5.74, 6) is 1.69. The normalized spacial score (nSPS) is 17.4. The van der Waals surface area contributed by atoms with Crippen LogP contribution in [0.2, 0.25) is 0 Å². The van der Waals surface area contributed by atoms with Gasteiger partial charge in [-0.25, -0.2) is 4.98 Å². The maximum absolute atomic E-state index is 11.0. The molecule has 1 aliphatic carbocycles. The van der Waals surface area contributed by atoms with Gasteiger partial charge in [-0.05, 0) is 25.0 Å². The topological polar surface area (TPSA) is 34.4 Å². The molecule has 0 N–H and O–H groups in total. The van der Waals surface area contributed by atoms with Gasteiger partial charge in [0.15, 0.2) is 6.29 Å².